The molecule has 20 heavy (non-hydrogen) atoms. The first-order valence-corrected chi connectivity index (χ1v) is 7.43. The molecule has 4 heteroatoms. The number of nitrogens with zero attached hydrogens (tertiary/aromatic N) is 1. The van der Waals surface area contributed by atoms with E-state index in [1.165, 1.54) is 11.3 Å². The number of para-hydroxylation sites is 1. The van der Waals surface area contributed by atoms with E-state index in [0.29, 0.717) is 0 Å². The molecule has 0 aliphatic carbocycles. The molecule has 0 fully saturated rings. The molecule has 0 saturated heterocycles. The van der Waals surface area contributed by atoms with Gasteiger partial charge in [-0.3, -0.25) is 0 Å². The summed E-state index contributed by atoms with van der Waals surface area (Å²) in [6.07, 6.45) is 1.05. The highest BCUT2D eigenvalue weighted by Gasteiger charge is 2.22. The van der Waals surface area contributed by atoms with Gasteiger partial charge in [-0.15, -0.1) is 0 Å². The standard InChI is InChI=1S/C16H17BrN2O/c1-20-15-6-5-13(17)9-12(15)10-19-8-7-11-3-2-4-14(18)16(11)19/h2-6,9H,7-8,10,18H2,1H3. The van der Waals surface area contributed by atoms with Crippen molar-refractivity contribution in [1.82, 2.24) is 0 Å². The maximum absolute atomic E-state index is 6.13. The number of benzene rings is 2. The molecule has 0 saturated carbocycles. The molecule has 2 aromatic carbocycles. The maximum atomic E-state index is 6.13. The molecule has 1 aliphatic heterocycles. The Kier molecular flexibility index (Phi) is 3.57. The van der Waals surface area contributed by atoms with Gasteiger partial charge in [0.2, 0.25) is 0 Å². The van der Waals surface area contributed by atoms with Crippen molar-refractivity contribution in [1.29, 1.82) is 0 Å². The average molecular weight is 333 g/mol. The molecule has 0 atom stereocenters. The van der Waals surface area contributed by atoms with Gasteiger partial charge in [0.25, 0.3) is 0 Å². The topological polar surface area (TPSA) is 38.5 Å². The van der Waals surface area contributed by atoms with Gasteiger partial charge < -0.3 is 15.4 Å². The number of anilines is 2. The van der Waals surface area contributed by atoms with Crippen LogP contribution in [0.1, 0.15) is 11.1 Å². The fourth-order valence-electron chi connectivity index (χ4n) is 2.80. The average Bonchev–Trinajstić information content (AvgIpc) is 2.84. The Hall–Kier alpha value is -1.68. The second kappa shape index (κ2) is 5.37. The lowest BCUT2D eigenvalue weighted by molar-refractivity contribution is 0.409. The van der Waals surface area contributed by atoms with Crippen molar-refractivity contribution in [2.45, 2.75) is 13.0 Å². The zero-order chi connectivity index (χ0) is 14.1. The van der Waals surface area contributed by atoms with Crippen LogP contribution in [0, 0.1) is 0 Å². The molecule has 2 aromatic rings. The van der Waals surface area contributed by atoms with Crippen LogP contribution in [0.4, 0.5) is 11.4 Å². The van der Waals surface area contributed by atoms with E-state index in [9.17, 15) is 0 Å². The number of ether oxygens (including phenoxy) is 1. The smallest absolute Gasteiger partial charge is 0.123 e. The van der Waals surface area contributed by atoms with Crippen LogP contribution in [0.5, 0.6) is 5.75 Å². The molecule has 104 valence electrons. The van der Waals surface area contributed by atoms with Crippen LogP contribution < -0.4 is 15.4 Å². The molecule has 0 unspecified atom stereocenters. The van der Waals surface area contributed by atoms with E-state index in [4.69, 9.17) is 10.5 Å². The third-order valence-electron chi connectivity index (χ3n) is 3.72. The molecule has 0 radical (unpaired) electrons. The van der Waals surface area contributed by atoms with E-state index in [-0.39, 0.29) is 0 Å². The van der Waals surface area contributed by atoms with Crippen LogP contribution in [0.25, 0.3) is 0 Å². The Balaban J connectivity index is 1.93. The number of methoxy groups -OCH3 is 1. The second-order valence-corrected chi connectivity index (χ2v) is 5.90. The summed E-state index contributed by atoms with van der Waals surface area (Å²) < 4.78 is 6.51. The number of hydrogen-bond donors (Lipinski definition) is 1. The van der Waals surface area contributed by atoms with E-state index in [1.807, 2.05) is 24.3 Å². The SMILES string of the molecule is COc1ccc(Br)cc1CN1CCc2cccc(N)c21. The summed E-state index contributed by atoms with van der Waals surface area (Å²) in [5.74, 6) is 0.913. The van der Waals surface area contributed by atoms with Crippen LogP contribution in [-0.2, 0) is 13.0 Å². The Morgan fingerprint density at radius 3 is 2.95 bits per heavy atom. The van der Waals surface area contributed by atoms with Gasteiger partial charge in [0.05, 0.1) is 18.5 Å². The summed E-state index contributed by atoms with van der Waals surface area (Å²) >= 11 is 3.52. The molecule has 0 aromatic heterocycles. The molecule has 0 spiro atoms. The molecule has 3 rings (SSSR count). The third kappa shape index (κ3) is 2.36. The largest absolute Gasteiger partial charge is 0.496 e. The minimum Gasteiger partial charge on any atom is -0.496 e. The molecule has 0 amide bonds. The predicted molar refractivity (Wildman–Crippen MR) is 86.3 cm³/mol. The van der Waals surface area contributed by atoms with Gasteiger partial charge in [0.15, 0.2) is 0 Å². The van der Waals surface area contributed by atoms with Gasteiger partial charge in [0, 0.05) is 23.1 Å². The first kappa shape index (κ1) is 13.3. The Morgan fingerprint density at radius 2 is 2.15 bits per heavy atom. The monoisotopic (exact) mass is 332 g/mol. The summed E-state index contributed by atoms with van der Waals surface area (Å²) in [6.45, 7) is 1.81. The van der Waals surface area contributed by atoms with E-state index < -0.39 is 0 Å². The fraction of sp³-hybridized carbons (Fsp3) is 0.250. The molecular weight excluding hydrogens is 316 g/mol. The van der Waals surface area contributed by atoms with Gasteiger partial charge in [-0.2, -0.15) is 0 Å². The number of nitrogen functional groups attached to an aromatic ring is 1. The number of rotatable bonds is 3. The number of fused-ring (bicyclic) bond motifs is 1. The lowest BCUT2D eigenvalue weighted by atomic mass is 10.1. The lowest BCUT2D eigenvalue weighted by Gasteiger charge is -2.22. The van der Waals surface area contributed by atoms with Crippen LogP contribution in [0.2, 0.25) is 0 Å². The minimum absolute atomic E-state index is 0.809. The van der Waals surface area contributed by atoms with Crippen LogP contribution in [0.3, 0.4) is 0 Å². The predicted octanol–water partition coefficient (Wildman–Crippen LogP) is 3.60. The first-order valence-electron chi connectivity index (χ1n) is 6.64. The quantitative estimate of drug-likeness (QED) is 0.872. The highest BCUT2D eigenvalue weighted by molar-refractivity contribution is 9.10. The molecule has 1 aliphatic rings. The number of halogens is 1. The first-order chi connectivity index (χ1) is 9.69. The summed E-state index contributed by atoms with van der Waals surface area (Å²) in [5, 5.41) is 0. The Labute approximate surface area is 127 Å². The minimum atomic E-state index is 0.809. The summed E-state index contributed by atoms with van der Waals surface area (Å²) in [4.78, 5) is 2.33. The zero-order valence-electron chi connectivity index (χ0n) is 11.4. The molecule has 2 N–H and O–H groups in total. The Morgan fingerprint density at radius 1 is 1.30 bits per heavy atom. The van der Waals surface area contributed by atoms with Crippen molar-refractivity contribution < 1.29 is 4.74 Å². The third-order valence-corrected chi connectivity index (χ3v) is 4.21. The number of nitrogens with two attached hydrogens (primary N) is 1. The maximum Gasteiger partial charge on any atom is 0.123 e. The molecule has 3 nitrogen and oxygen atoms in total. The van der Waals surface area contributed by atoms with E-state index in [0.717, 1.165) is 41.0 Å². The lowest BCUT2D eigenvalue weighted by Crippen LogP contribution is -2.21. The van der Waals surface area contributed by atoms with Crippen molar-refractivity contribution in [3.63, 3.8) is 0 Å². The van der Waals surface area contributed by atoms with E-state index >= 15 is 0 Å². The van der Waals surface area contributed by atoms with Crippen LogP contribution in [-0.4, -0.2) is 13.7 Å². The van der Waals surface area contributed by atoms with E-state index in [1.54, 1.807) is 7.11 Å². The van der Waals surface area contributed by atoms with Crippen molar-refractivity contribution in [2.24, 2.45) is 0 Å². The molecular formula is C16H17BrN2O. The Bertz CT molecular complexity index is 642. The summed E-state index contributed by atoms with van der Waals surface area (Å²) in [7, 11) is 1.71. The van der Waals surface area contributed by atoms with Crippen LogP contribution in [0.15, 0.2) is 40.9 Å². The van der Waals surface area contributed by atoms with Crippen molar-refractivity contribution in [3.8, 4) is 5.75 Å². The second-order valence-electron chi connectivity index (χ2n) is 4.98. The number of hydrogen-bond acceptors (Lipinski definition) is 3. The molecule has 1 heterocycles. The van der Waals surface area contributed by atoms with Gasteiger partial charge in [-0.25, -0.2) is 0 Å². The van der Waals surface area contributed by atoms with Gasteiger partial charge in [-0.05, 0) is 36.2 Å². The summed E-state index contributed by atoms with van der Waals surface area (Å²) in [5.41, 5.74) is 10.7. The van der Waals surface area contributed by atoms with Crippen molar-refractivity contribution in [2.75, 3.05) is 24.3 Å². The molecule has 0 bridgehead atoms. The van der Waals surface area contributed by atoms with Gasteiger partial charge in [-0.1, -0.05) is 28.1 Å². The van der Waals surface area contributed by atoms with Crippen molar-refractivity contribution in [3.05, 3.63) is 52.0 Å². The van der Waals surface area contributed by atoms with Crippen LogP contribution >= 0.6 is 15.9 Å². The highest BCUT2D eigenvalue weighted by Crippen LogP contribution is 2.36. The van der Waals surface area contributed by atoms with Gasteiger partial charge in [0.1, 0.15) is 5.75 Å². The fourth-order valence-corrected chi connectivity index (χ4v) is 3.21. The van der Waals surface area contributed by atoms with Crippen molar-refractivity contribution >= 4 is 27.3 Å². The van der Waals surface area contributed by atoms with E-state index in [2.05, 4.69) is 33.0 Å². The summed E-state index contributed by atoms with van der Waals surface area (Å²) in [6, 6.07) is 12.2. The highest BCUT2D eigenvalue weighted by atomic mass is 79.9. The zero-order valence-corrected chi connectivity index (χ0v) is 13.0. The van der Waals surface area contributed by atoms with Gasteiger partial charge >= 0.3 is 0 Å². The normalized spacial score (nSPS) is 13.4.